The van der Waals surface area contributed by atoms with Crippen molar-refractivity contribution in [2.24, 2.45) is 0 Å². The van der Waals surface area contributed by atoms with Crippen LogP contribution in [0.3, 0.4) is 0 Å². The Labute approximate surface area is 225 Å². The van der Waals surface area contributed by atoms with Crippen molar-refractivity contribution >= 4 is 11.0 Å². The minimum Gasteiger partial charge on any atom is -0.507 e. The summed E-state index contributed by atoms with van der Waals surface area (Å²) in [6.45, 7) is 7.52. The van der Waals surface area contributed by atoms with Gasteiger partial charge in [0, 0.05) is 17.2 Å². The van der Waals surface area contributed by atoms with Crippen LogP contribution < -0.4 is 19.6 Å². The van der Waals surface area contributed by atoms with Crippen molar-refractivity contribution in [3.63, 3.8) is 0 Å². The molecule has 0 saturated carbocycles. The third-order valence-electron chi connectivity index (χ3n) is 6.58. The molecule has 5 atom stereocenters. The number of benzene rings is 2. The lowest BCUT2D eigenvalue weighted by Crippen LogP contribution is -2.58. The molecule has 0 aliphatic carbocycles. The molecule has 10 nitrogen and oxygen atoms in total. The Morgan fingerprint density at radius 2 is 1.77 bits per heavy atom. The number of allylic oxidation sites excluding steroid dienone is 2. The first-order chi connectivity index (χ1) is 18.6. The second-order valence-electron chi connectivity index (χ2n) is 9.61. The van der Waals surface area contributed by atoms with E-state index in [0.29, 0.717) is 35.7 Å². The first-order valence-electron chi connectivity index (χ1n) is 12.7. The largest absolute Gasteiger partial charge is 0.507 e. The van der Waals surface area contributed by atoms with Gasteiger partial charge in [0.25, 0.3) is 0 Å². The van der Waals surface area contributed by atoms with Gasteiger partial charge in [0.05, 0.1) is 19.8 Å². The first-order valence-corrected chi connectivity index (χ1v) is 12.7. The van der Waals surface area contributed by atoms with Crippen LogP contribution in [0.2, 0.25) is 0 Å². The molecule has 1 aromatic heterocycles. The molecule has 1 saturated heterocycles. The summed E-state index contributed by atoms with van der Waals surface area (Å²) < 4.78 is 28.8. The predicted octanol–water partition coefficient (Wildman–Crippen LogP) is 3.29. The van der Waals surface area contributed by atoms with Gasteiger partial charge in [-0.15, -0.1) is 0 Å². The molecule has 210 valence electrons. The van der Waals surface area contributed by atoms with Crippen LogP contribution in [-0.4, -0.2) is 64.8 Å². The molecule has 3 aromatic rings. The van der Waals surface area contributed by atoms with Gasteiger partial charge >= 0.3 is 0 Å². The zero-order valence-electron chi connectivity index (χ0n) is 22.5. The maximum Gasteiger partial charge on any atom is 0.239 e. The molecule has 2 aromatic carbocycles. The number of hydrogen-bond acceptors (Lipinski definition) is 10. The van der Waals surface area contributed by atoms with Gasteiger partial charge in [-0.25, -0.2) is 0 Å². The Balaban J connectivity index is 1.99. The molecule has 0 spiro atoms. The second-order valence-corrected chi connectivity index (χ2v) is 9.61. The Bertz CT molecular complexity index is 1400. The molecule has 2 heterocycles. The topological polar surface area (TPSA) is 148 Å². The van der Waals surface area contributed by atoms with Crippen molar-refractivity contribution in [1.82, 2.24) is 0 Å². The van der Waals surface area contributed by atoms with E-state index < -0.39 is 36.1 Å². The lowest BCUT2D eigenvalue weighted by Gasteiger charge is -2.38. The van der Waals surface area contributed by atoms with Gasteiger partial charge in [-0.3, -0.25) is 4.79 Å². The van der Waals surface area contributed by atoms with Gasteiger partial charge in [0.1, 0.15) is 46.5 Å². The lowest BCUT2D eigenvalue weighted by molar-refractivity contribution is -0.268. The van der Waals surface area contributed by atoms with Crippen molar-refractivity contribution in [2.75, 3.05) is 13.7 Å². The van der Waals surface area contributed by atoms with Crippen LogP contribution >= 0.6 is 0 Å². The highest BCUT2D eigenvalue weighted by atomic mass is 16.7. The molecular formula is C29H34O10. The molecule has 10 heteroatoms. The van der Waals surface area contributed by atoms with Gasteiger partial charge in [-0.05, 0) is 58.4 Å². The first kappa shape index (κ1) is 28.4. The number of aliphatic hydroxyl groups is 3. The third-order valence-corrected chi connectivity index (χ3v) is 6.58. The van der Waals surface area contributed by atoms with Crippen LogP contribution in [0, 0.1) is 0 Å². The van der Waals surface area contributed by atoms with Crippen LogP contribution in [0.5, 0.6) is 23.0 Å². The number of fused-ring (bicyclic) bond motifs is 1. The van der Waals surface area contributed by atoms with Gasteiger partial charge in [0.2, 0.25) is 17.5 Å². The van der Waals surface area contributed by atoms with E-state index in [9.17, 15) is 25.2 Å². The van der Waals surface area contributed by atoms with E-state index in [1.54, 1.807) is 24.3 Å². The smallest absolute Gasteiger partial charge is 0.239 e. The van der Waals surface area contributed by atoms with E-state index in [2.05, 4.69) is 0 Å². The molecule has 1 fully saturated rings. The van der Waals surface area contributed by atoms with Crippen molar-refractivity contribution in [3.05, 3.63) is 57.8 Å². The number of phenolic OH excluding ortho intramolecular Hbond substituents is 1. The SMILES string of the molecule is CCOc1cc(O)c2c(=O)c(O[C@@H]3O[C@@H](C)[C@H](O)[C@@H](O)[C@H]3O)c(-c3ccc(OC)cc3)oc2c1CC=C(C)C. The molecule has 4 rings (SSSR count). The molecule has 4 N–H and O–H groups in total. The van der Waals surface area contributed by atoms with Crippen molar-refractivity contribution < 1.29 is 43.8 Å². The van der Waals surface area contributed by atoms with E-state index in [4.69, 9.17) is 23.4 Å². The molecular weight excluding hydrogens is 508 g/mol. The van der Waals surface area contributed by atoms with E-state index in [1.165, 1.54) is 20.1 Å². The fourth-order valence-corrected chi connectivity index (χ4v) is 4.41. The Morgan fingerprint density at radius 1 is 1.08 bits per heavy atom. The average Bonchev–Trinajstić information content (AvgIpc) is 2.91. The highest BCUT2D eigenvalue weighted by Crippen LogP contribution is 2.40. The summed E-state index contributed by atoms with van der Waals surface area (Å²) in [6.07, 6.45) is -4.69. The van der Waals surface area contributed by atoms with Crippen molar-refractivity contribution in [3.8, 4) is 34.3 Å². The Morgan fingerprint density at radius 3 is 2.38 bits per heavy atom. The standard InChI is InChI=1S/C29H34O10/c1-6-36-20-13-19(30)21-23(32)28(39-29-25(34)24(33)22(31)15(4)37-29)26(16-8-10-17(35-5)11-9-16)38-27(21)18(20)12-7-14(2)3/h7-11,13,15,22,24-25,29-31,33-34H,6,12H2,1-5H3/t15-,22-,24+,25+,29-/m0/s1. The number of hydrogen-bond donors (Lipinski definition) is 4. The quantitative estimate of drug-likeness (QED) is 0.313. The number of rotatable bonds is 8. The zero-order valence-corrected chi connectivity index (χ0v) is 22.5. The fourth-order valence-electron chi connectivity index (χ4n) is 4.41. The van der Waals surface area contributed by atoms with Gasteiger partial charge < -0.3 is 43.8 Å². The number of phenols is 1. The summed E-state index contributed by atoms with van der Waals surface area (Å²) in [5.74, 6) is 0.227. The van der Waals surface area contributed by atoms with E-state index in [1.807, 2.05) is 26.8 Å². The number of ether oxygens (including phenoxy) is 4. The summed E-state index contributed by atoms with van der Waals surface area (Å²) in [4.78, 5) is 14.0. The molecule has 0 radical (unpaired) electrons. The monoisotopic (exact) mass is 542 g/mol. The molecule has 1 aliphatic rings. The minimum atomic E-state index is -1.67. The maximum absolute atomic E-state index is 14.0. The Hall–Kier alpha value is -3.57. The molecule has 1 aliphatic heterocycles. The van der Waals surface area contributed by atoms with Gasteiger partial charge in [-0.2, -0.15) is 0 Å². The summed E-state index contributed by atoms with van der Waals surface area (Å²) in [6, 6.07) is 8.04. The molecule has 0 unspecified atom stereocenters. The Kier molecular flexibility index (Phi) is 8.51. The summed E-state index contributed by atoms with van der Waals surface area (Å²) >= 11 is 0. The minimum absolute atomic E-state index is 0.00529. The number of methoxy groups -OCH3 is 1. The number of aliphatic hydroxyl groups excluding tert-OH is 3. The van der Waals surface area contributed by atoms with Crippen LogP contribution in [0.15, 0.2) is 51.2 Å². The van der Waals surface area contributed by atoms with Crippen LogP contribution in [-0.2, 0) is 11.2 Å². The van der Waals surface area contributed by atoms with Crippen LogP contribution in [0.1, 0.15) is 33.3 Å². The summed E-state index contributed by atoms with van der Waals surface area (Å²) in [7, 11) is 1.52. The zero-order chi connectivity index (χ0) is 28.4. The van der Waals surface area contributed by atoms with Crippen LogP contribution in [0.4, 0.5) is 0 Å². The molecule has 39 heavy (non-hydrogen) atoms. The predicted molar refractivity (Wildman–Crippen MR) is 143 cm³/mol. The molecule has 0 bridgehead atoms. The second kappa shape index (κ2) is 11.7. The lowest BCUT2D eigenvalue weighted by atomic mass is 10.00. The normalized spacial score (nSPS) is 22.9. The van der Waals surface area contributed by atoms with E-state index in [-0.39, 0.29) is 28.2 Å². The highest BCUT2D eigenvalue weighted by Gasteiger charge is 2.44. The van der Waals surface area contributed by atoms with E-state index >= 15 is 0 Å². The third kappa shape index (κ3) is 5.60. The average molecular weight is 543 g/mol. The summed E-state index contributed by atoms with van der Waals surface area (Å²) in [5, 5.41) is 41.7. The number of aromatic hydroxyl groups is 1. The van der Waals surface area contributed by atoms with Crippen molar-refractivity contribution in [2.45, 2.75) is 64.8 Å². The highest BCUT2D eigenvalue weighted by molar-refractivity contribution is 5.91. The van der Waals surface area contributed by atoms with Crippen molar-refractivity contribution in [1.29, 1.82) is 0 Å². The maximum atomic E-state index is 14.0. The molecule has 0 amide bonds. The fraction of sp³-hybridized carbons (Fsp3) is 0.414. The summed E-state index contributed by atoms with van der Waals surface area (Å²) in [5.41, 5.74) is 1.44. The van der Waals surface area contributed by atoms with E-state index in [0.717, 1.165) is 5.57 Å². The van der Waals surface area contributed by atoms with Crippen LogP contribution in [0.25, 0.3) is 22.3 Å². The van der Waals surface area contributed by atoms with Gasteiger partial charge in [0.15, 0.2) is 5.76 Å². The van der Waals surface area contributed by atoms with Gasteiger partial charge in [-0.1, -0.05) is 11.6 Å².